The van der Waals surface area contributed by atoms with Crippen LogP contribution in [0, 0.1) is 13.8 Å². The standard InChI is InChI=1S/C15H18BrClN4S.HI/c1-9-10(2)22-14(21-9)8-20-15(18-3)19-7-11-4-5-12(16)6-13(11)17;/h4-6H,7-8H2,1-3H3,(H2,18,19,20);1H. The first-order valence-electron chi connectivity index (χ1n) is 6.81. The van der Waals surface area contributed by atoms with Crippen LogP contribution in [0.5, 0.6) is 0 Å². The number of thiazole rings is 1. The van der Waals surface area contributed by atoms with Gasteiger partial charge < -0.3 is 10.6 Å². The van der Waals surface area contributed by atoms with Gasteiger partial charge in [0.1, 0.15) is 5.01 Å². The lowest BCUT2D eigenvalue weighted by Gasteiger charge is -2.12. The Hall–Kier alpha value is -0.380. The van der Waals surface area contributed by atoms with Crippen molar-refractivity contribution in [3.63, 3.8) is 0 Å². The monoisotopic (exact) mass is 528 g/mol. The van der Waals surface area contributed by atoms with Crippen molar-refractivity contribution >= 4 is 68.8 Å². The van der Waals surface area contributed by atoms with E-state index in [1.165, 1.54) is 4.88 Å². The maximum atomic E-state index is 6.21. The Kier molecular flexibility index (Phi) is 8.81. The molecule has 0 fully saturated rings. The van der Waals surface area contributed by atoms with E-state index in [9.17, 15) is 0 Å². The molecule has 0 aliphatic heterocycles. The normalized spacial score (nSPS) is 11.1. The molecule has 2 rings (SSSR count). The average molecular weight is 530 g/mol. The second-order valence-electron chi connectivity index (χ2n) is 4.76. The van der Waals surface area contributed by atoms with Crippen LogP contribution in [0.3, 0.4) is 0 Å². The number of aromatic nitrogens is 1. The lowest BCUT2D eigenvalue weighted by molar-refractivity contribution is 0.803. The van der Waals surface area contributed by atoms with Crippen LogP contribution in [-0.2, 0) is 13.1 Å². The summed E-state index contributed by atoms with van der Waals surface area (Å²) in [4.78, 5) is 9.97. The van der Waals surface area contributed by atoms with E-state index in [-0.39, 0.29) is 24.0 Å². The summed E-state index contributed by atoms with van der Waals surface area (Å²) in [6.45, 7) is 5.38. The van der Waals surface area contributed by atoms with E-state index in [2.05, 4.69) is 43.5 Å². The predicted molar refractivity (Wildman–Crippen MR) is 113 cm³/mol. The molecule has 4 nitrogen and oxygen atoms in total. The van der Waals surface area contributed by atoms with Crippen LogP contribution in [0.4, 0.5) is 0 Å². The lowest BCUT2D eigenvalue weighted by atomic mass is 10.2. The first-order valence-corrected chi connectivity index (χ1v) is 8.79. The zero-order valence-corrected chi connectivity index (χ0v) is 18.6. The Morgan fingerprint density at radius 2 is 2.00 bits per heavy atom. The Bertz CT molecular complexity index is 671. The maximum Gasteiger partial charge on any atom is 0.191 e. The smallest absolute Gasteiger partial charge is 0.191 e. The summed E-state index contributed by atoms with van der Waals surface area (Å²) in [7, 11) is 1.75. The molecule has 1 aromatic heterocycles. The lowest BCUT2D eigenvalue weighted by Crippen LogP contribution is -2.36. The highest BCUT2D eigenvalue weighted by molar-refractivity contribution is 14.0. The number of hydrogen-bond acceptors (Lipinski definition) is 3. The molecule has 0 atom stereocenters. The molecule has 0 amide bonds. The quantitative estimate of drug-likeness (QED) is 0.344. The molecule has 1 aromatic carbocycles. The van der Waals surface area contributed by atoms with Crippen molar-refractivity contribution in [2.45, 2.75) is 26.9 Å². The van der Waals surface area contributed by atoms with Gasteiger partial charge in [0, 0.05) is 28.0 Å². The van der Waals surface area contributed by atoms with Crippen LogP contribution in [0.1, 0.15) is 21.1 Å². The minimum absolute atomic E-state index is 0. The number of benzene rings is 1. The fraction of sp³-hybridized carbons (Fsp3) is 0.333. The molecule has 8 heteroatoms. The van der Waals surface area contributed by atoms with E-state index in [1.807, 2.05) is 25.1 Å². The molecule has 1 heterocycles. The fourth-order valence-electron chi connectivity index (χ4n) is 1.84. The Morgan fingerprint density at radius 1 is 1.30 bits per heavy atom. The highest BCUT2D eigenvalue weighted by Gasteiger charge is 2.06. The van der Waals surface area contributed by atoms with E-state index in [0.717, 1.165) is 31.7 Å². The van der Waals surface area contributed by atoms with Crippen molar-refractivity contribution in [1.29, 1.82) is 0 Å². The van der Waals surface area contributed by atoms with Crippen molar-refractivity contribution in [3.05, 3.63) is 48.8 Å². The summed E-state index contributed by atoms with van der Waals surface area (Å²) < 4.78 is 0.971. The third kappa shape index (κ3) is 6.21. The van der Waals surface area contributed by atoms with Crippen LogP contribution in [0.25, 0.3) is 0 Å². The highest BCUT2D eigenvalue weighted by Crippen LogP contribution is 2.21. The first kappa shape index (κ1) is 20.7. The van der Waals surface area contributed by atoms with Gasteiger partial charge in [-0.1, -0.05) is 33.6 Å². The molecule has 0 unspecified atom stereocenters. The van der Waals surface area contributed by atoms with Crippen LogP contribution in [-0.4, -0.2) is 18.0 Å². The summed E-state index contributed by atoms with van der Waals surface area (Å²) >= 11 is 11.3. The minimum Gasteiger partial charge on any atom is -0.352 e. The number of nitrogens with zero attached hydrogens (tertiary/aromatic N) is 2. The second-order valence-corrected chi connectivity index (χ2v) is 7.37. The number of rotatable bonds is 4. The van der Waals surface area contributed by atoms with Gasteiger partial charge in [-0.15, -0.1) is 35.3 Å². The molecule has 0 saturated heterocycles. The number of nitrogens with one attached hydrogen (secondary N) is 2. The average Bonchev–Trinajstić information content (AvgIpc) is 2.79. The SMILES string of the molecule is CN=C(NCc1nc(C)c(C)s1)NCc1ccc(Br)cc1Cl.I. The number of hydrogen-bond donors (Lipinski definition) is 2. The predicted octanol–water partition coefficient (Wildman–Crippen LogP) is 4.66. The molecule has 0 aliphatic carbocycles. The summed E-state index contributed by atoms with van der Waals surface area (Å²) in [5, 5.41) is 8.30. The summed E-state index contributed by atoms with van der Waals surface area (Å²) in [5.41, 5.74) is 2.11. The van der Waals surface area contributed by atoms with Crippen molar-refractivity contribution in [2.75, 3.05) is 7.05 Å². The highest BCUT2D eigenvalue weighted by atomic mass is 127. The van der Waals surface area contributed by atoms with Gasteiger partial charge in [-0.25, -0.2) is 4.98 Å². The molecule has 23 heavy (non-hydrogen) atoms. The molecule has 0 bridgehead atoms. The Morgan fingerprint density at radius 3 is 2.57 bits per heavy atom. The number of aliphatic imine (C=N–C) groups is 1. The molecular weight excluding hydrogens is 511 g/mol. The summed E-state index contributed by atoms with van der Waals surface area (Å²) in [5.74, 6) is 0.726. The first-order chi connectivity index (χ1) is 10.5. The molecular formula is C15H19BrClIN4S. The fourth-order valence-corrected chi connectivity index (χ4v) is 3.45. The van der Waals surface area contributed by atoms with Gasteiger partial charge in [-0.3, -0.25) is 4.99 Å². The van der Waals surface area contributed by atoms with E-state index in [4.69, 9.17) is 11.6 Å². The number of guanidine groups is 1. The largest absolute Gasteiger partial charge is 0.352 e. The zero-order chi connectivity index (χ0) is 16.1. The van der Waals surface area contributed by atoms with Gasteiger partial charge in [-0.2, -0.15) is 0 Å². The topological polar surface area (TPSA) is 49.3 Å². The van der Waals surface area contributed by atoms with E-state index in [1.54, 1.807) is 18.4 Å². The van der Waals surface area contributed by atoms with Gasteiger partial charge in [-0.05, 0) is 31.5 Å². The van der Waals surface area contributed by atoms with E-state index in [0.29, 0.717) is 13.1 Å². The van der Waals surface area contributed by atoms with Crippen molar-refractivity contribution in [3.8, 4) is 0 Å². The zero-order valence-electron chi connectivity index (χ0n) is 13.1. The third-order valence-corrected chi connectivity index (χ3v) is 5.08. The van der Waals surface area contributed by atoms with Gasteiger partial charge in [0.2, 0.25) is 0 Å². The number of halogens is 3. The molecule has 126 valence electrons. The van der Waals surface area contributed by atoms with Gasteiger partial charge >= 0.3 is 0 Å². The van der Waals surface area contributed by atoms with Crippen molar-refractivity contribution in [2.24, 2.45) is 4.99 Å². The second kappa shape index (κ2) is 9.80. The molecule has 0 saturated carbocycles. The van der Waals surface area contributed by atoms with Crippen LogP contribution in [0.2, 0.25) is 5.02 Å². The summed E-state index contributed by atoms with van der Waals surface area (Å²) in [6, 6.07) is 5.84. The molecule has 2 aromatic rings. The van der Waals surface area contributed by atoms with Gasteiger partial charge in [0.05, 0.1) is 12.2 Å². The van der Waals surface area contributed by atoms with Gasteiger partial charge in [0.15, 0.2) is 5.96 Å². The molecule has 0 radical (unpaired) electrons. The minimum atomic E-state index is 0. The third-order valence-electron chi connectivity index (χ3n) is 3.16. The maximum absolute atomic E-state index is 6.21. The van der Waals surface area contributed by atoms with Crippen LogP contribution >= 0.6 is 62.8 Å². The van der Waals surface area contributed by atoms with Crippen LogP contribution in [0.15, 0.2) is 27.7 Å². The van der Waals surface area contributed by atoms with Crippen molar-refractivity contribution in [1.82, 2.24) is 15.6 Å². The Labute approximate surface area is 171 Å². The van der Waals surface area contributed by atoms with Crippen molar-refractivity contribution < 1.29 is 0 Å². The molecule has 2 N–H and O–H groups in total. The Balaban J connectivity index is 0.00000264. The summed E-state index contributed by atoms with van der Waals surface area (Å²) in [6.07, 6.45) is 0. The van der Waals surface area contributed by atoms with Crippen LogP contribution < -0.4 is 10.6 Å². The van der Waals surface area contributed by atoms with E-state index < -0.39 is 0 Å². The van der Waals surface area contributed by atoms with Gasteiger partial charge in [0.25, 0.3) is 0 Å². The molecule has 0 aliphatic rings. The molecule has 0 spiro atoms. The van der Waals surface area contributed by atoms with E-state index >= 15 is 0 Å². The number of aryl methyl sites for hydroxylation is 2.